The van der Waals surface area contributed by atoms with Crippen LogP contribution in [-0.2, 0) is 9.53 Å². The molecule has 2 unspecified atom stereocenters. The highest BCUT2D eigenvalue weighted by atomic mass is 16.5. The van der Waals surface area contributed by atoms with Crippen LogP contribution in [0.15, 0.2) is 55.0 Å². The first-order chi connectivity index (χ1) is 18.9. The summed E-state index contributed by atoms with van der Waals surface area (Å²) in [7, 11) is 1.64. The SMILES string of the molecule is CCC(CN1CCCC1=O)c1nc(-c2ccc(C(=O)Nc3cc(C(C)OC)ccn3)cc2)c2c(N)nccn12. The van der Waals surface area contributed by atoms with Crippen molar-refractivity contribution in [3.05, 3.63) is 71.9 Å². The number of imidazole rings is 1. The summed E-state index contributed by atoms with van der Waals surface area (Å²) in [6, 6.07) is 10.9. The first kappa shape index (κ1) is 26.3. The molecule has 3 N–H and O–H groups in total. The molecule has 0 radical (unpaired) electrons. The Hall–Kier alpha value is -4.31. The smallest absolute Gasteiger partial charge is 0.256 e. The van der Waals surface area contributed by atoms with Crippen molar-refractivity contribution in [1.29, 1.82) is 0 Å². The lowest BCUT2D eigenvalue weighted by Gasteiger charge is -2.22. The standard InChI is InChI=1S/C29H33N7O3/c1-4-19(17-35-14-5-6-24(35)37)28-34-25(26-27(30)32-13-15-36(26)28)20-7-9-21(10-8-20)29(38)33-23-16-22(11-12-31-23)18(2)39-3/h7-13,15-16,18-19H,4-6,14,17H2,1-3H3,(H2,30,32)(H,31,33,38). The maximum atomic E-state index is 12.9. The lowest BCUT2D eigenvalue weighted by atomic mass is 10.1. The topological polar surface area (TPSA) is 128 Å². The summed E-state index contributed by atoms with van der Waals surface area (Å²) in [6.07, 6.45) is 7.38. The average Bonchev–Trinajstić information content (AvgIpc) is 3.55. The molecule has 39 heavy (non-hydrogen) atoms. The second-order valence-corrected chi connectivity index (χ2v) is 9.78. The van der Waals surface area contributed by atoms with E-state index in [2.05, 4.69) is 22.2 Å². The van der Waals surface area contributed by atoms with Crippen molar-refractivity contribution in [1.82, 2.24) is 24.3 Å². The fraction of sp³-hybridized carbons (Fsp3) is 0.345. The number of nitrogens with zero attached hydrogens (tertiary/aromatic N) is 5. The van der Waals surface area contributed by atoms with Gasteiger partial charge in [0.25, 0.3) is 5.91 Å². The van der Waals surface area contributed by atoms with Gasteiger partial charge in [-0.15, -0.1) is 0 Å². The predicted octanol–water partition coefficient (Wildman–Crippen LogP) is 4.45. The van der Waals surface area contributed by atoms with Gasteiger partial charge in [0.15, 0.2) is 0 Å². The molecule has 1 aliphatic rings. The highest BCUT2D eigenvalue weighted by Crippen LogP contribution is 2.32. The number of amides is 2. The van der Waals surface area contributed by atoms with E-state index >= 15 is 0 Å². The quantitative estimate of drug-likeness (QED) is 0.329. The van der Waals surface area contributed by atoms with Gasteiger partial charge in [-0.1, -0.05) is 19.1 Å². The molecule has 5 rings (SSSR count). The van der Waals surface area contributed by atoms with Crippen LogP contribution >= 0.6 is 0 Å². The number of likely N-dealkylation sites (tertiary alicyclic amines) is 1. The van der Waals surface area contributed by atoms with Crippen LogP contribution in [0.3, 0.4) is 0 Å². The molecule has 2 amide bonds. The first-order valence-corrected chi connectivity index (χ1v) is 13.2. The fourth-order valence-electron chi connectivity index (χ4n) is 5.00. The van der Waals surface area contributed by atoms with E-state index in [1.165, 1.54) is 0 Å². The molecule has 2 atom stereocenters. The van der Waals surface area contributed by atoms with Gasteiger partial charge in [-0.3, -0.25) is 14.0 Å². The van der Waals surface area contributed by atoms with Crippen molar-refractivity contribution in [3.63, 3.8) is 0 Å². The molecule has 3 aromatic heterocycles. The minimum Gasteiger partial charge on any atom is -0.382 e. The summed E-state index contributed by atoms with van der Waals surface area (Å²) >= 11 is 0. The number of hydrogen-bond donors (Lipinski definition) is 2. The molecule has 1 fully saturated rings. The molecule has 0 bridgehead atoms. The van der Waals surface area contributed by atoms with Gasteiger partial charge in [0.05, 0.1) is 6.10 Å². The Bertz CT molecular complexity index is 1500. The number of aromatic nitrogens is 4. The number of ether oxygens (including phenoxy) is 1. The maximum Gasteiger partial charge on any atom is 0.256 e. The van der Waals surface area contributed by atoms with E-state index in [9.17, 15) is 9.59 Å². The number of fused-ring (bicyclic) bond motifs is 1. The number of methoxy groups -OCH3 is 1. The van der Waals surface area contributed by atoms with Gasteiger partial charge in [0.1, 0.15) is 28.7 Å². The summed E-state index contributed by atoms with van der Waals surface area (Å²) in [5.74, 6) is 1.64. The van der Waals surface area contributed by atoms with Gasteiger partial charge in [0.2, 0.25) is 5.91 Å². The Morgan fingerprint density at radius 1 is 1.18 bits per heavy atom. The number of nitrogens with two attached hydrogens (primary N) is 1. The summed E-state index contributed by atoms with van der Waals surface area (Å²) in [5.41, 5.74) is 9.95. The lowest BCUT2D eigenvalue weighted by molar-refractivity contribution is -0.127. The second-order valence-electron chi connectivity index (χ2n) is 9.78. The summed E-state index contributed by atoms with van der Waals surface area (Å²) in [5, 5.41) is 2.85. The van der Waals surface area contributed by atoms with E-state index in [-0.39, 0.29) is 23.8 Å². The summed E-state index contributed by atoms with van der Waals surface area (Å²) < 4.78 is 7.34. The minimum atomic E-state index is -0.269. The Balaban J connectivity index is 1.42. The van der Waals surface area contributed by atoms with Crippen molar-refractivity contribution in [2.24, 2.45) is 0 Å². The van der Waals surface area contributed by atoms with E-state index in [4.69, 9.17) is 15.5 Å². The number of rotatable bonds is 9. The van der Waals surface area contributed by atoms with E-state index in [1.54, 1.807) is 37.7 Å². The minimum absolute atomic E-state index is 0.0456. The zero-order valence-electron chi connectivity index (χ0n) is 22.4. The molecule has 10 nitrogen and oxygen atoms in total. The normalized spacial score (nSPS) is 15.1. The number of nitrogens with one attached hydrogen (secondary N) is 1. The fourth-order valence-corrected chi connectivity index (χ4v) is 5.00. The van der Waals surface area contributed by atoms with Crippen LogP contribution in [0.5, 0.6) is 0 Å². The highest BCUT2D eigenvalue weighted by Gasteiger charge is 2.27. The van der Waals surface area contributed by atoms with Crippen molar-refractivity contribution >= 4 is 29.0 Å². The predicted molar refractivity (Wildman–Crippen MR) is 149 cm³/mol. The molecule has 0 saturated carbocycles. The van der Waals surface area contributed by atoms with Crippen LogP contribution in [0.25, 0.3) is 16.8 Å². The van der Waals surface area contributed by atoms with E-state index in [0.29, 0.717) is 41.4 Å². The average molecular weight is 528 g/mol. The number of nitrogen functional groups attached to an aromatic ring is 1. The van der Waals surface area contributed by atoms with Crippen LogP contribution in [0.1, 0.15) is 66.9 Å². The molecule has 0 spiro atoms. The van der Waals surface area contributed by atoms with Crippen LogP contribution in [0, 0.1) is 0 Å². The Morgan fingerprint density at radius 2 is 1.97 bits per heavy atom. The van der Waals surface area contributed by atoms with Crippen LogP contribution < -0.4 is 11.1 Å². The molecule has 10 heteroatoms. The van der Waals surface area contributed by atoms with Gasteiger partial charge in [-0.2, -0.15) is 0 Å². The second kappa shape index (κ2) is 11.2. The zero-order chi connectivity index (χ0) is 27.5. The third-order valence-electron chi connectivity index (χ3n) is 7.35. The molecule has 1 saturated heterocycles. The van der Waals surface area contributed by atoms with Gasteiger partial charge in [-0.25, -0.2) is 15.0 Å². The number of hydrogen-bond acceptors (Lipinski definition) is 7. The molecule has 0 aliphatic carbocycles. The monoisotopic (exact) mass is 527 g/mol. The Kier molecular flexibility index (Phi) is 7.56. The largest absolute Gasteiger partial charge is 0.382 e. The first-order valence-electron chi connectivity index (χ1n) is 13.2. The van der Waals surface area contributed by atoms with Crippen molar-refractivity contribution in [2.45, 2.75) is 45.1 Å². The third kappa shape index (κ3) is 5.33. The number of pyridine rings is 1. The highest BCUT2D eigenvalue weighted by molar-refractivity contribution is 6.04. The number of carbonyl (C=O) groups excluding carboxylic acids is 2. The van der Waals surface area contributed by atoms with Crippen molar-refractivity contribution in [3.8, 4) is 11.3 Å². The molecule has 4 aromatic rings. The van der Waals surface area contributed by atoms with Gasteiger partial charge in [0, 0.05) is 62.3 Å². The Labute approximate surface area is 227 Å². The molecule has 1 aromatic carbocycles. The van der Waals surface area contributed by atoms with Crippen molar-refractivity contribution in [2.75, 3.05) is 31.2 Å². The molecular formula is C29H33N7O3. The van der Waals surface area contributed by atoms with E-state index in [0.717, 1.165) is 36.3 Å². The van der Waals surface area contributed by atoms with Gasteiger partial charge in [-0.05, 0) is 49.6 Å². The van der Waals surface area contributed by atoms with Crippen LogP contribution in [0.4, 0.5) is 11.6 Å². The maximum absolute atomic E-state index is 12.9. The molecule has 1 aliphatic heterocycles. The summed E-state index contributed by atoms with van der Waals surface area (Å²) in [6.45, 7) is 5.43. The number of carbonyl (C=O) groups is 2. The van der Waals surface area contributed by atoms with E-state index < -0.39 is 0 Å². The molecule has 202 valence electrons. The summed E-state index contributed by atoms with van der Waals surface area (Å²) in [4.78, 5) is 40.7. The molecule has 4 heterocycles. The van der Waals surface area contributed by atoms with Gasteiger partial charge < -0.3 is 20.7 Å². The zero-order valence-corrected chi connectivity index (χ0v) is 22.4. The lowest BCUT2D eigenvalue weighted by Crippen LogP contribution is -2.30. The number of anilines is 2. The van der Waals surface area contributed by atoms with Crippen LogP contribution in [0.2, 0.25) is 0 Å². The Morgan fingerprint density at radius 3 is 2.67 bits per heavy atom. The van der Waals surface area contributed by atoms with E-state index in [1.807, 2.05) is 40.6 Å². The van der Waals surface area contributed by atoms with Gasteiger partial charge >= 0.3 is 0 Å². The van der Waals surface area contributed by atoms with Crippen LogP contribution in [-0.4, -0.2) is 56.3 Å². The third-order valence-corrected chi connectivity index (χ3v) is 7.35. The van der Waals surface area contributed by atoms with Crippen molar-refractivity contribution < 1.29 is 14.3 Å². The molecular weight excluding hydrogens is 494 g/mol. The number of benzene rings is 1.